The first kappa shape index (κ1) is 18.3. The first-order valence-corrected chi connectivity index (χ1v) is 7.19. The molecule has 1 N–H and O–H groups in total. The minimum absolute atomic E-state index is 0.0237. The van der Waals surface area contributed by atoms with E-state index in [0.717, 1.165) is 12.1 Å². The van der Waals surface area contributed by atoms with Crippen LogP contribution in [0.15, 0.2) is 42.5 Å². The van der Waals surface area contributed by atoms with Crippen molar-refractivity contribution in [3.8, 4) is 5.75 Å². The monoisotopic (exact) mass is 353 g/mol. The van der Waals surface area contributed by atoms with Gasteiger partial charge in [0.25, 0.3) is 5.91 Å². The molecule has 8 heteroatoms. The maximum Gasteiger partial charge on any atom is 0.347 e. The zero-order chi connectivity index (χ0) is 18.4. The van der Waals surface area contributed by atoms with E-state index >= 15 is 0 Å². The summed E-state index contributed by atoms with van der Waals surface area (Å²) in [5.74, 6) is -3.89. The third kappa shape index (κ3) is 5.52. The summed E-state index contributed by atoms with van der Waals surface area (Å²) in [5.41, 5.74) is 0.0237. The fraction of sp³-hybridized carbons (Fsp3) is 0.176. The lowest BCUT2D eigenvalue weighted by Gasteiger charge is -2.14. The predicted molar refractivity (Wildman–Crippen MR) is 82.4 cm³/mol. The summed E-state index contributed by atoms with van der Waals surface area (Å²) in [4.78, 5) is 23.4. The van der Waals surface area contributed by atoms with E-state index in [-0.39, 0.29) is 11.4 Å². The summed E-state index contributed by atoms with van der Waals surface area (Å²) < 4.78 is 48.6. The minimum atomic E-state index is -1.11. The molecule has 25 heavy (non-hydrogen) atoms. The van der Waals surface area contributed by atoms with Crippen LogP contribution in [0.4, 0.5) is 18.9 Å². The summed E-state index contributed by atoms with van der Waals surface area (Å²) in [6.45, 7) is 0.772. The Morgan fingerprint density at radius 3 is 2.36 bits per heavy atom. The molecule has 0 aliphatic rings. The number of amides is 1. The number of benzene rings is 2. The summed E-state index contributed by atoms with van der Waals surface area (Å²) in [6.07, 6.45) is -1.03. The molecule has 0 aromatic heterocycles. The predicted octanol–water partition coefficient (Wildman–Crippen LogP) is 3.05. The van der Waals surface area contributed by atoms with Crippen molar-refractivity contribution < 1.29 is 32.2 Å². The first-order valence-electron chi connectivity index (χ1n) is 7.19. The van der Waals surface area contributed by atoms with Crippen molar-refractivity contribution in [3.63, 3.8) is 0 Å². The van der Waals surface area contributed by atoms with Gasteiger partial charge in [0.1, 0.15) is 11.6 Å². The van der Waals surface area contributed by atoms with Crippen LogP contribution in [0, 0.1) is 17.5 Å². The van der Waals surface area contributed by atoms with Gasteiger partial charge in [-0.25, -0.2) is 18.0 Å². The van der Waals surface area contributed by atoms with Crippen molar-refractivity contribution in [1.29, 1.82) is 0 Å². The van der Waals surface area contributed by atoms with E-state index in [4.69, 9.17) is 9.47 Å². The van der Waals surface area contributed by atoms with Crippen LogP contribution < -0.4 is 10.1 Å². The van der Waals surface area contributed by atoms with Gasteiger partial charge in [0.05, 0.1) is 0 Å². The van der Waals surface area contributed by atoms with Gasteiger partial charge in [0.15, 0.2) is 24.3 Å². The maximum absolute atomic E-state index is 13.0. The molecule has 0 unspecified atom stereocenters. The lowest BCUT2D eigenvalue weighted by atomic mass is 10.3. The van der Waals surface area contributed by atoms with Crippen LogP contribution in [0.25, 0.3) is 0 Å². The van der Waals surface area contributed by atoms with E-state index in [0.29, 0.717) is 0 Å². The van der Waals surface area contributed by atoms with Crippen molar-refractivity contribution in [3.05, 3.63) is 59.9 Å². The lowest BCUT2D eigenvalue weighted by molar-refractivity contribution is -0.153. The van der Waals surface area contributed by atoms with Crippen molar-refractivity contribution in [2.24, 2.45) is 0 Å². The Morgan fingerprint density at radius 2 is 1.72 bits per heavy atom. The van der Waals surface area contributed by atoms with Crippen LogP contribution >= 0.6 is 0 Å². The van der Waals surface area contributed by atoms with E-state index < -0.39 is 42.0 Å². The van der Waals surface area contributed by atoms with E-state index in [1.807, 2.05) is 0 Å². The zero-order valence-electron chi connectivity index (χ0n) is 13.1. The minimum Gasteiger partial charge on any atom is -0.479 e. The number of carbonyl (C=O) groups is 2. The molecule has 132 valence electrons. The SMILES string of the molecule is C[C@H](Oc1ccc(F)cc1)C(=O)OCC(=O)Nc1ccc(F)c(F)c1. The quantitative estimate of drug-likeness (QED) is 0.811. The van der Waals surface area contributed by atoms with Gasteiger partial charge in [0, 0.05) is 11.8 Å². The van der Waals surface area contributed by atoms with Crippen LogP contribution in [-0.2, 0) is 14.3 Å². The molecule has 0 saturated carbocycles. The van der Waals surface area contributed by atoms with Crippen molar-refractivity contribution in [2.45, 2.75) is 13.0 Å². The van der Waals surface area contributed by atoms with Crippen LogP contribution in [0.1, 0.15) is 6.92 Å². The van der Waals surface area contributed by atoms with Crippen LogP contribution in [0.5, 0.6) is 5.75 Å². The Kier molecular flexibility index (Phi) is 5.99. The summed E-state index contributed by atoms with van der Waals surface area (Å²) in [5, 5.41) is 2.25. The van der Waals surface area contributed by atoms with Gasteiger partial charge < -0.3 is 14.8 Å². The smallest absolute Gasteiger partial charge is 0.347 e. The molecule has 0 saturated heterocycles. The molecule has 0 aliphatic heterocycles. The highest BCUT2D eigenvalue weighted by atomic mass is 19.2. The first-order chi connectivity index (χ1) is 11.8. The molecule has 0 radical (unpaired) electrons. The number of nitrogens with one attached hydrogen (secondary N) is 1. The fourth-order valence-electron chi connectivity index (χ4n) is 1.79. The van der Waals surface area contributed by atoms with Crippen LogP contribution in [-0.4, -0.2) is 24.6 Å². The average Bonchev–Trinajstić information content (AvgIpc) is 2.58. The van der Waals surface area contributed by atoms with Gasteiger partial charge in [-0.2, -0.15) is 0 Å². The van der Waals surface area contributed by atoms with Gasteiger partial charge in [-0.05, 0) is 43.3 Å². The fourth-order valence-corrected chi connectivity index (χ4v) is 1.79. The second-order valence-electron chi connectivity index (χ2n) is 5.00. The van der Waals surface area contributed by atoms with Gasteiger partial charge in [-0.3, -0.25) is 4.79 Å². The molecule has 1 amide bonds. The Hall–Kier alpha value is -3.03. The normalized spacial score (nSPS) is 11.5. The summed E-state index contributed by atoms with van der Waals surface area (Å²) in [6, 6.07) is 7.85. The van der Waals surface area contributed by atoms with Crippen LogP contribution in [0.2, 0.25) is 0 Å². The number of hydrogen-bond donors (Lipinski definition) is 1. The van der Waals surface area contributed by atoms with E-state index in [1.54, 1.807) is 0 Å². The van der Waals surface area contributed by atoms with Gasteiger partial charge in [-0.1, -0.05) is 0 Å². The van der Waals surface area contributed by atoms with Crippen molar-refractivity contribution >= 4 is 17.6 Å². The molecule has 0 heterocycles. The molecule has 0 bridgehead atoms. The number of ether oxygens (including phenoxy) is 2. The Bertz CT molecular complexity index is 765. The van der Waals surface area contributed by atoms with Gasteiger partial charge in [-0.15, -0.1) is 0 Å². The number of esters is 1. The Balaban J connectivity index is 1.80. The van der Waals surface area contributed by atoms with E-state index in [1.165, 1.54) is 37.3 Å². The summed E-state index contributed by atoms with van der Waals surface area (Å²) in [7, 11) is 0. The molecular weight excluding hydrogens is 339 g/mol. The van der Waals surface area contributed by atoms with Gasteiger partial charge >= 0.3 is 5.97 Å². The number of rotatable bonds is 6. The highest BCUT2D eigenvalue weighted by Crippen LogP contribution is 2.14. The van der Waals surface area contributed by atoms with Crippen molar-refractivity contribution in [1.82, 2.24) is 0 Å². The summed E-state index contributed by atoms with van der Waals surface area (Å²) >= 11 is 0. The molecule has 5 nitrogen and oxygen atoms in total. The highest BCUT2D eigenvalue weighted by Gasteiger charge is 2.18. The van der Waals surface area contributed by atoms with E-state index in [2.05, 4.69) is 5.32 Å². The number of anilines is 1. The molecule has 2 aromatic rings. The number of halogens is 3. The molecule has 2 aromatic carbocycles. The van der Waals surface area contributed by atoms with Crippen LogP contribution in [0.3, 0.4) is 0 Å². The average molecular weight is 353 g/mol. The molecular formula is C17H14F3NO4. The lowest BCUT2D eigenvalue weighted by Crippen LogP contribution is -2.29. The second kappa shape index (κ2) is 8.18. The zero-order valence-corrected chi connectivity index (χ0v) is 13.1. The molecule has 0 aliphatic carbocycles. The van der Waals surface area contributed by atoms with E-state index in [9.17, 15) is 22.8 Å². The Morgan fingerprint density at radius 1 is 1.04 bits per heavy atom. The third-order valence-corrected chi connectivity index (χ3v) is 3.01. The van der Waals surface area contributed by atoms with Crippen molar-refractivity contribution in [2.75, 3.05) is 11.9 Å². The standard InChI is InChI=1S/C17H14F3NO4/c1-10(25-13-5-2-11(18)3-6-13)17(23)24-9-16(22)21-12-4-7-14(19)15(20)8-12/h2-8,10H,9H2,1H3,(H,21,22)/t10-/m0/s1. The number of carbonyl (C=O) groups excluding carboxylic acids is 2. The molecule has 0 spiro atoms. The maximum atomic E-state index is 13.0. The molecule has 2 rings (SSSR count). The molecule has 0 fully saturated rings. The number of hydrogen-bond acceptors (Lipinski definition) is 4. The Labute approximate surface area is 141 Å². The second-order valence-corrected chi connectivity index (χ2v) is 5.00. The topological polar surface area (TPSA) is 64.6 Å². The third-order valence-electron chi connectivity index (χ3n) is 3.01. The molecule has 1 atom stereocenters. The highest BCUT2D eigenvalue weighted by molar-refractivity contribution is 5.93. The largest absolute Gasteiger partial charge is 0.479 e. The van der Waals surface area contributed by atoms with Gasteiger partial charge in [0.2, 0.25) is 0 Å².